The van der Waals surface area contributed by atoms with Crippen LogP contribution in [0.1, 0.15) is 31.7 Å². The number of hydrogen-bond acceptors (Lipinski definition) is 3. The molecule has 0 aromatic heterocycles. The van der Waals surface area contributed by atoms with Gasteiger partial charge in [-0.15, -0.1) is 0 Å². The molecule has 1 amide bonds. The predicted molar refractivity (Wildman–Crippen MR) is 109 cm³/mol. The summed E-state index contributed by atoms with van der Waals surface area (Å²) >= 11 is 0. The van der Waals surface area contributed by atoms with E-state index < -0.39 is 0 Å². The maximum absolute atomic E-state index is 11.6. The normalized spacial score (nSPS) is 15.7. The third kappa shape index (κ3) is 5.93. The molecule has 0 saturated carbocycles. The van der Waals surface area contributed by atoms with E-state index in [1.807, 2.05) is 14.1 Å². The first kappa shape index (κ1) is 20.1. The number of likely N-dealkylation sites (tertiary alicyclic amines) is 1. The van der Waals surface area contributed by atoms with Gasteiger partial charge in [0, 0.05) is 52.9 Å². The van der Waals surface area contributed by atoms with Crippen LogP contribution < -0.4 is 15.5 Å². The molecule has 2 N–H and O–H groups in total. The Morgan fingerprint density at radius 2 is 1.88 bits per heavy atom. The highest BCUT2D eigenvalue weighted by Gasteiger charge is 2.23. The van der Waals surface area contributed by atoms with Crippen LogP contribution in [0.25, 0.3) is 0 Å². The lowest BCUT2D eigenvalue weighted by atomic mass is 9.93. The minimum atomic E-state index is 0.144. The Hall–Kier alpha value is -2.24. The molecule has 6 nitrogen and oxygen atoms in total. The monoisotopic (exact) mass is 359 g/mol. The number of rotatable bonds is 6. The zero-order valence-electron chi connectivity index (χ0n) is 16.6. The van der Waals surface area contributed by atoms with Gasteiger partial charge in [0.25, 0.3) is 0 Å². The molecule has 0 aliphatic carbocycles. The second-order valence-electron chi connectivity index (χ2n) is 7.04. The molecule has 144 valence electrons. The van der Waals surface area contributed by atoms with E-state index in [0.29, 0.717) is 18.9 Å². The number of carbonyl (C=O) groups excluding carboxylic acids is 1. The molecule has 0 atom stereocenters. The molecule has 1 heterocycles. The third-order valence-electron chi connectivity index (χ3n) is 4.87. The van der Waals surface area contributed by atoms with Crippen LogP contribution in [0, 0.1) is 5.92 Å². The van der Waals surface area contributed by atoms with Crippen molar-refractivity contribution in [2.24, 2.45) is 10.9 Å². The van der Waals surface area contributed by atoms with Crippen molar-refractivity contribution in [3.8, 4) is 0 Å². The lowest BCUT2D eigenvalue weighted by Gasteiger charge is -2.34. The highest BCUT2D eigenvalue weighted by atomic mass is 16.1. The van der Waals surface area contributed by atoms with E-state index in [1.54, 1.807) is 7.05 Å². The fourth-order valence-electron chi connectivity index (χ4n) is 3.20. The average Bonchev–Trinajstić information content (AvgIpc) is 2.66. The van der Waals surface area contributed by atoms with Crippen molar-refractivity contribution in [2.75, 3.05) is 45.7 Å². The standard InChI is InChI=1S/C20H33N5O/c1-5-22-20(23-15-17-6-8-18(9-7-17)24(3)4)25-12-10-16(11-13-25)14-19(26)21-2/h6-9,16H,5,10-15H2,1-4H3,(H,21,26)(H,22,23). The molecule has 1 aromatic carbocycles. The summed E-state index contributed by atoms with van der Waals surface area (Å²) in [7, 11) is 5.80. The molecule has 1 aliphatic heterocycles. The van der Waals surface area contributed by atoms with Gasteiger partial charge in [-0.05, 0) is 43.4 Å². The average molecular weight is 360 g/mol. The fourth-order valence-corrected chi connectivity index (χ4v) is 3.20. The van der Waals surface area contributed by atoms with Crippen LogP contribution in [0.5, 0.6) is 0 Å². The molecule has 1 aliphatic rings. The molecular formula is C20H33N5O. The number of hydrogen-bond donors (Lipinski definition) is 2. The van der Waals surface area contributed by atoms with Gasteiger partial charge in [0.05, 0.1) is 6.54 Å². The van der Waals surface area contributed by atoms with Gasteiger partial charge in [0.1, 0.15) is 0 Å². The Balaban J connectivity index is 1.93. The topological polar surface area (TPSA) is 60.0 Å². The first-order valence-electron chi connectivity index (χ1n) is 9.53. The third-order valence-corrected chi connectivity index (χ3v) is 4.87. The van der Waals surface area contributed by atoms with Crippen molar-refractivity contribution in [3.05, 3.63) is 29.8 Å². The fraction of sp³-hybridized carbons (Fsp3) is 0.600. The Morgan fingerprint density at radius 1 is 1.23 bits per heavy atom. The summed E-state index contributed by atoms with van der Waals surface area (Å²) in [5.41, 5.74) is 2.41. The molecule has 6 heteroatoms. The number of nitrogens with zero attached hydrogens (tertiary/aromatic N) is 3. The van der Waals surface area contributed by atoms with Crippen LogP contribution in [0.4, 0.5) is 5.69 Å². The number of nitrogens with one attached hydrogen (secondary N) is 2. The molecule has 0 radical (unpaired) electrons. The van der Waals surface area contributed by atoms with E-state index in [-0.39, 0.29) is 5.91 Å². The predicted octanol–water partition coefficient (Wildman–Crippen LogP) is 2.07. The molecule has 0 bridgehead atoms. The van der Waals surface area contributed by atoms with Gasteiger partial charge in [-0.3, -0.25) is 4.79 Å². The second kappa shape index (κ2) is 10.0. The van der Waals surface area contributed by atoms with E-state index >= 15 is 0 Å². The highest BCUT2D eigenvalue weighted by molar-refractivity contribution is 5.80. The molecule has 1 aromatic rings. The Kier molecular flexibility index (Phi) is 7.75. The first-order chi connectivity index (χ1) is 12.5. The SMILES string of the molecule is CCNC(=NCc1ccc(N(C)C)cc1)N1CCC(CC(=O)NC)CC1. The van der Waals surface area contributed by atoms with E-state index in [2.05, 4.69) is 51.6 Å². The van der Waals surface area contributed by atoms with Crippen LogP contribution in [0.2, 0.25) is 0 Å². The van der Waals surface area contributed by atoms with Crippen molar-refractivity contribution in [2.45, 2.75) is 32.7 Å². The van der Waals surface area contributed by atoms with Gasteiger partial charge >= 0.3 is 0 Å². The number of aliphatic imine (C=N–C) groups is 1. The summed E-state index contributed by atoms with van der Waals surface area (Å²) in [5, 5.41) is 6.13. The van der Waals surface area contributed by atoms with Gasteiger partial charge in [-0.2, -0.15) is 0 Å². The second-order valence-corrected chi connectivity index (χ2v) is 7.04. The molecule has 1 fully saturated rings. The van der Waals surface area contributed by atoms with Gasteiger partial charge < -0.3 is 20.4 Å². The van der Waals surface area contributed by atoms with Crippen molar-refractivity contribution >= 4 is 17.6 Å². The Labute approximate surface area is 157 Å². The largest absolute Gasteiger partial charge is 0.378 e. The number of amides is 1. The van der Waals surface area contributed by atoms with Crippen molar-refractivity contribution in [3.63, 3.8) is 0 Å². The summed E-state index contributed by atoms with van der Waals surface area (Å²) in [6, 6.07) is 8.53. The number of piperidine rings is 1. The van der Waals surface area contributed by atoms with E-state index in [9.17, 15) is 4.79 Å². The maximum atomic E-state index is 11.6. The van der Waals surface area contributed by atoms with Crippen LogP contribution in [0.3, 0.4) is 0 Å². The lowest BCUT2D eigenvalue weighted by molar-refractivity contribution is -0.121. The van der Waals surface area contributed by atoms with E-state index in [4.69, 9.17) is 4.99 Å². The van der Waals surface area contributed by atoms with E-state index in [1.165, 1.54) is 11.3 Å². The van der Waals surface area contributed by atoms with E-state index in [0.717, 1.165) is 38.4 Å². The van der Waals surface area contributed by atoms with Crippen LogP contribution >= 0.6 is 0 Å². The summed E-state index contributed by atoms with van der Waals surface area (Å²) in [6.07, 6.45) is 2.71. The maximum Gasteiger partial charge on any atom is 0.220 e. The summed E-state index contributed by atoms with van der Waals surface area (Å²) in [4.78, 5) is 20.8. The number of guanidine groups is 1. The zero-order valence-corrected chi connectivity index (χ0v) is 16.6. The van der Waals surface area contributed by atoms with Gasteiger partial charge in [-0.1, -0.05) is 12.1 Å². The summed E-state index contributed by atoms with van der Waals surface area (Å²) < 4.78 is 0. The van der Waals surface area contributed by atoms with Crippen LogP contribution in [-0.2, 0) is 11.3 Å². The minimum Gasteiger partial charge on any atom is -0.378 e. The Bertz CT molecular complexity index is 589. The lowest BCUT2D eigenvalue weighted by Crippen LogP contribution is -2.46. The number of benzene rings is 1. The molecule has 1 saturated heterocycles. The molecule has 0 unspecified atom stereocenters. The zero-order chi connectivity index (χ0) is 18.9. The molecular weight excluding hydrogens is 326 g/mol. The van der Waals surface area contributed by atoms with Gasteiger partial charge in [0.2, 0.25) is 5.91 Å². The summed E-state index contributed by atoms with van der Waals surface area (Å²) in [6.45, 7) is 5.53. The summed E-state index contributed by atoms with van der Waals surface area (Å²) in [5.74, 6) is 1.60. The van der Waals surface area contributed by atoms with Crippen LogP contribution in [0.15, 0.2) is 29.3 Å². The molecule has 26 heavy (non-hydrogen) atoms. The highest BCUT2D eigenvalue weighted by Crippen LogP contribution is 2.20. The Morgan fingerprint density at radius 3 is 2.42 bits per heavy atom. The van der Waals surface area contributed by atoms with Crippen molar-refractivity contribution in [1.29, 1.82) is 0 Å². The molecule has 0 spiro atoms. The smallest absolute Gasteiger partial charge is 0.220 e. The quantitative estimate of drug-likeness (QED) is 0.603. The minimum absolute atomic E-state index is 0.144. The number of anilines is 1. The molecule has 2 rings (SSSR count). The van der Waals surface area contributed by atoms with Crippen molar-refractivity contribution in [1.82, 2.24) is 15.5 Å². The number of carbonyl (C=O) groups is 1. The first-order valence-corrected chi connectivity index (χ1v) is 9.53. The van der Waals surface area contributed by atoms with Crippen LogP contribution in [-0.4, -0.2) is 57.5 Å². The van der Waals surface area contributed by atoms with Gasteiger partial charge in [-0.25, -0.2) is 4.99 Å². The van der Waals surface area contributed by atoms with Crippen molar-refractivity contribution < 1.29 is 4.79 Å². The van der Waals surface area contributed by atoms with Gasteiger partial charge in [0.15, 0.2) is 5.96 Å².